The molecule has 0 heterocycles. The van der Waals surface area contributed by atoms with E-state index in [2.05, 4.69) is 16.0 Å². The van der Waals surface area contributed by atoms with Gasteiger partial charge in [0.15, 0.2) is 0 Å². The van der Waals surface area contributed by atoms with Crippen molar-refractivity contribution in [3.8, 4) is 0 Å². The van der Waals surface area contributed by atoms with Crippen LogP contribution in [0.1, 0.15) is 174 Å². The minimum atomic E-state index is -4.24. The van der Waals surface area contributed by atoms with Gasteiger partial charge in [-0.15, -0.1) is 0 Å². The molecule has 0 spiro atoms. The van der Waals surface area contributed by atoms with Gasteiger partial charge in [-0.05, 0) is 6.42 Å². The Morgan fingerprint density at radius 2 is 0.976 bits per heavy atom. The third kappa shape index (κ3) is 32.4. The molecule has 4 N–H and O–H groups in total. The zero-order chi connectivity index (χ0) is 31.0. The summed E-state index contributed by atoms with van der Waals surface area (Å²) in [5, 5.41) is 9.74. The van der Waals surface area contributed by atoms with E-state index >= 15 is 0 Å². The summed E-state index contributed by atoms with van der Waals surface area (Å²) in [6.45, 7) is 1.49. The summed E-state index contributed by atoms with van der Waals surface area (Å²) in [5.41, 5.74) is 5.19. The summed E-state index contributed by atoms with van der Waals surface area (Å²) in [4.78, 5) is 21.2. The van der Waals surface area contributed by atoms with Crippen molar-refractivity contribution in [2.75, 3.05) is 26.4 Å². The second kappa shape index (κ2) is 31.9. The second-order valence-corrected chi connectivity index (χ2v) is 13.4. The van der Waals surface area contributed by atoms with Gasteiger partial charge in [0.05, 0.1) is 13.2 Å². The number of rotatable bonds is 34. The lowest BCUT2D eigenvalue weighted by Gasteiger charge is -2.15. The zero-order valence-corrected chi connectivity index (χ0v) is 28.1. The maximum atomic E-state index is 11.8. The van der Waals surface area contributed by atoms with Crippen LogP contribution >= 0.6 is 7.82 Å². The molecule has 0 rings (SSSR count). The van der Waals surface area contributed by atoms with Gasteiger partial charge in [0.2, 0.25) is 0 Å². The van der Waals surface area contributed by atoms with Crippen LogP contribution in [0.3, 0.4) is 0 Å². The van der Waals surface area contributed by atoms with E-state index in [1.165, 1.54) is 141 Å². The molecule has 252 valence electrons. The number of carbonyl (C=O) groups excluding carboxylic acids is 1. The van der Waals surface area contributed by atoms with Crippen LogP contribution in [0, 0.1) is 0 Å². The fourth-order valence-electron chi connectivity index (χ4n) is 5.10. The van der Waals surface area contributed by atoms with Crippen LogP contribution in [-0.4, -0.2) is 48.4 Å². The van der Waals surface area contributed by atoms with Crippen molar-refractivity contribution in [3.63, 3.8) is 0 Å². The molecule has 0 radical (unpaired) electrons. The summed E-state index contributed by atoms with van der Waals surface area (Å²) in [7, 11) is -4.24. The van der Waals surface area contributed by atoms with Crippen molar-refractivity contribution in [1.82, 2.24) is 0 Å². The average molecular weight is 622 g/mol. The minimum Gasteiger partial charge on any atom is -0.463 e. The number of aliphatic hydroxyl groups excluding tert-OH is 1. The van der Waals surface area contributed by atoms with Gasteiger partial charge in [-0.25, -0.2) is 4.57 Å². The maximum absolute atomic E-state index is 11.8. The molecule has 9 heteroatoms. The molecule has 2 unspecified atom stereocenters. The average Bonchev–Trinajstić information content (AvgIpc) is 2.98. The fraction of sp³-hybridized carbons (Fsp3) is 0.970. The molecule has 0 amide bonds. The molecule has 0 saturated carbocycles. The first-order chi connectivity index (χ1) is 20.4. The number of unbranched alkanes of at least 4 members (excludes halogenated alkanes) is 24. The van der Waals surface area contributed by atoms with Crippen molar-refractivity contribution >= 4 is 13.8 Å². The maximum Gasteiger partial charge on any atom is 0.472 e. The number of hydrogen-bond acceptors (Lipinski definition) is 7. The lowest BCUT2D eigenvalue weighted by molar-refractivity contribution is -0.147. The lowest BCUT2D eigenvalue weighted by atomic mass is 10.0. The Bertz CT molecular complexity index is 623. The molecule has 0 aromatic rings. The topological polar surface area (TPSA) is 128 Å². The van der Waals surface area contributed by atoms with Crippen LogP contribution in [0.2, 0.25) is 0 Å². The standard InChI is InChI=1S/C33H68NO7P/c1-2-3-4-5-6-7-8-9-10-11-12-13-14-15-16-17-18-19-20-21-22-23-24-25-26-27-33(36)39-30-32(35)31-41-42(37,38)40-29-28-34/h32,35H,2-31,34H2,1H3,(H,37,38). The summed E-state index contributed by atoms with van der Waals surface area (Å²) in [5.74, 6) is -0.380. The smallest absolute Gasteiger partial charge is 0.463 e. The third-order valence-corrected chi connectivity index (χ3v) is 8.71. The van der Waals surface area contributed by atoms with Crippen molar-refractivity contribution in [1.29, 1.82) is 0 Å². The summed E-state index contributed by atoms with van der Waals surface area (Å²) in [6.07, 6.45) is 32.7. The summed E-state index contributed by atoms with van der Waals surface area (Å²) < 4.78 is 25.7. The minimum absolute atomic E-state index is 0.0771. The lowest BCUT2D eigenvalue weighted by Crippen LogP contribution is -2.23. The Kier molecular flexibility index (Phi) is 31.5. The van der Waals surface area contributed by atoms with Crippen LogP contribution in [0.4, 0.5) is 0 Å². The molecule has 0 aromatic carbocycles. The molecule has 2 atom stereocenters. The monoisotopic (exact) mass is 621 g/mol. The highest BCUT2D eigenvalue weighted by atomic mass is 31.2. The van der Waals surface area contributed by atoms with Crippen molar-refractivity contribution in [3.05, 3.63) is 0 Å². The second-order valence-electron chi connectivity index (χ2n) is 12.0. The molecule has 8 nitrogen and oxygen atoms in total. The van der Waals surface area contributed by atoms with Gasteiger partial charge < -0.3 is 20.5 Å². The van der Waals surface area contributed by atoms with E-state index in [-0.39, 0.29) is 25.7 Å². The highest BCUT2D eigenvalue weighted by Gasteiger charge is 2.22. The number of phosphoric ester groups is 1. The highest BCUT2D eigenvalue weighted by Crippen LogP contribution is 2.42. The fourth-order valence-corrected chi connectivity index (χ4v) is 5.87. The number of esters is 1. The van der Waals surface area contributed by atoms with Gasteiger partial charge >= 0.3 is 13.8 Å². The molecular formula is C33H68NO7P. The molecule has 0 aromatic heterocycles. The Labute approximate surface area is 258 Å². The van der Waals surface area contributed by atoms with Crippen molar-refractivity contribution in [2.45, 2.75) is 180 Å². The van der Waals surface area contributed by atoms with E-state index in [0.717, 1.165) is 19.3 Å². The third-order valence-electron chi connectivity index (χ3n) is 7.72. The van der Waals surface area contributed by atoms with Gasteiger partial charge in [0, 0.05) is 13.0 Å². The molecule has 0 fully saturated rings. The van der Waals surface area contributed by atoms with E-state index in [4.69, 9.17) is 10.5 Å². The van der Waals surface area contributed by atoms with Crippen LogP contribution in [0.15, 0.2) is 0 Å². The predicted molar refractivity (Wildman–Crippen MR) is 173 cm³/mol. The van der Waals surface area contributed by atoms with Gasteiger partial charge in [0.1, 0.15) is 12.7 Å². The molecule has 42 heavy (non-hydrogen) atoms. The van der Waals surface area contributed by atoms with Crippen LogP contribution in [0.5, 0.6) is 0 Å². The molecule has 0 bridgehead atoms. The number of hydrogen-bond donors (Lipinski definition) is 3. The molecule has 0 aliphatic heterocycles. The first-order valence-corrected chi connectivity index (χ1v) is 19.1. The molecular weight excluding hydrogens is 553 g/mol. The quantitative estimate of drug-likeness (QED) is 0.0369. The number of aliphatic hydroxyl groups is 1. The van der Waals surface area contributed by atoms with Crippen LogP contribution in [-0.2, 0) is 23.1 Å². The van der Waals surface area contributed by atoms with E-state index in [9.17, 15) is 19.4 Å². The first-order valence-electron chi connectivity index (χ1n) is 17.6. The first kappa shape index (κ1) is 41.5. The predicted octanol–water partition coefficient (Wildman–Crippen LogP) is 9.15. The Hall–Kier alpha value is -0.500. The summed E-state index contributed by atoms with van der Waals surface area (Å²) in [6, 6.07) is 0. The van der Waals surface area contributed by atoms with Crippen molar-refractivity contribution < 1.29 is 33.1 Å². The van der Waals surface area contributed by atoms with Gasteiger partial charge in [-0.3, -0.25) is 13.8 Å². The number of ether oxygens (including phenoxy) is 1. The Morgan fingerprint density at radius 1 is 0.619 bits per heavy atom. The van der Waals surface area contributed by atoms with E-state index in [1.807, 2.05) is 0 Å². The van der Waals surface area contributed by atoms with E-state index < -0.39 is 20.5 Å². The zero-order valence-electron chi connectivity index (χ0n) is 27.3. The highest BCUT2D eigenvalue weighted by molar-refractivity contribution is 7.47. The van der Waals surface area contributed by atoms with Crippen molar-refractivity contribution in [2.24, 2.45) is 5.73 Å². The number of phosphoric acid groups is 1. The SMILES string of the molecule is CCCCCCCCCCCCCCCCCCCCCCCCCCCC(=O)OCC(O)COP(=O)(O)OCCN. The van der Waals surface area contributed by atoms with E-state index in [1.54, 1.807) is 0 Å². The number of carbonyl (C=O) groups is 1. The largest absolute Gasteiger partial charge is 0.472 e. The van der Waals surface area contributed by atoms with E-state index in [0.29, 0.717) is 6.42 Å². The normalized spacial score (nSPS) is 13.7. The molecule has 0 aliphatic carbocycles. The van der Waals surface area contributed by atoms with Gasteiger partial charge in [-0.2, -0.15) is 0 Å². The van der Waals surface area contributed by atoms with Crippen LogP contribution in [0.25, 0.3) is 0 Å². The Morgan fingerprint density at radius 3 is 1.33 bits per heavy atom. The number of nitrogens with two attached hydrogens (primary N) is 1. The molecule has 0 aliphatic rings. The summed E-state index contributed by atoms with van der Waals surface area (Å²) >= 11 is 0. The molecule has 0 saturated heterocycles. The van der Waals surface area contributed by atoms with Gasteiger partial charge in [-0.1, -0.05) is 161 Å². The van der Waals surface area contributed by atoms with Crippen LogP contribution < -0.4 is 5.73 Å². The Balaban J connectivity index is 3.28. The van der Waals surface area contributed by atoms with Gasteiger partial charge in [0.25, 0.3) is 0 Å².